The number of furan rings is 1. The van der Waals surface area contributed by atoms with Gasteiger partial charge in [-0.2, -0.15) is 0 Å². The summed E-state index contributed by atoms with van der Waals surface area (Å²) in [5.41, 5.74) is 11.9. The molecule has 622 valence electrons. The first-order chi connectivity index (χ1) is 56.3. The maximum Gasteiger partial charge on any atom is 0.215 e. The second-order valence-electron chi connectivity index (χ2n) is 24.6. The topological polar surface area (TPSA) is 117 Å². The van der Waals surface area contributed by atoms with E-state index >= 15 is 0 Å². The van der Waals surface area contributed by atoms with Crippen molar-refractivity contribution in [3.63, 3.8) is 0 Å². The van der Waals surface area contributed by atoms with Crippen molar-refractivity contribution in [1.82, 2.24) is 15.0 Å². The van der Waals surface area contributed by atoms with E-state index in [0.29, 0.717) is 12.5 Å². The highest BCUT2D eigenvalue weighted by atomic mass is 35.5. The molecule has 0 fully saturated rings. The highest BCUT2D eigenvalue weighted by Gasteiger charge is 2.06. The maximum atomic E-state index is 12.3. The Morgan fingerprint density at radius 1 is 0.483 bits per heavy atom. The summed E-state index contributed by atoms with van der Waals surface area (Å²) in [6.45, 7) is 41.6. The van der Waals surface area contributed by atoms with E-state index < -0.39 is 8.07 Å². The van der Waals surface area contributed by atoms with Gasteiger partial charge in [0.15, 0.2) is 5.78 Å². The average Bonchev–Trinajstić information content (AvgIpc) is 1.83. The highest BCUT2D eigenvalue weighted by molar-refractivity contribution is 7.16. The number of aryl methyl sites for hydroxylation is 10. The van der Waals surface area contributed by atoms with Gasteiger partial charge >= 0.3 is 0 Å². The zero-order valence-corrected chi connectivity index (χ0v) is 79.4. The lowest BCUT2D eigenvalue weighted by molar-refractivity contribution is 0.102. The number of rotatable bonds is 4. The van der Waals surface area contributed by atoms with Crippen LogP contribution in [-0.2, 0) is 4.74 Å². The van der Waals surface area contributed by atoms with Gasteiger partial charge in [-0.15, -0.1) is 92.3 Å². The monoisotopic (exact) mass is 1730 g/mol. The Morgan fingerprint density at radius 3 is 1.24 bits per heavy atom. The lowest BCUT2D eigenvalue weighted by atomic mass is 10.2. The van der Waals surface area contributed by atoms with Crippen LogP contribution in [0.4, 0.5) is 4.39 Å². The fraction of sp³-hybridized carbons (Fsp3) is 0.260. The first-order valence-corrected chi connectivity index (χ1v) is 44.8. The normalized spacial score (nSPS) is 8.55. The smallest absolute Gasteiger partial charge is 0.215 e. The summed E-state index contributed by atoms with van der Waals surface area (Å²) in [5.74, 6) is 39.6. The molecule has 0 saturated heterocycles. The SMILES string of the molecule is CC#CCO.CC#CCOC.CC#C[Si](C)(C)C.CC#Cc1ccc(Cl)cc1.CC#Cc1ccc(F)cc1.CC#Cc1ccc(OC)cc1.CC#Cc1ccccc1.CC(=O)c1ccc(C)s1.COc1ncccc1C.Cc1cc(Cl)cs1.Cc1ccc(C)o1.Cc1ccc(Cl)s1.Cc1ccccn1.Cc1cccnc1.Cc1csc(C)c1. The second kappa shape index (κ2) is 74.1. The Balaban J connectivity index is -0.00000121. The molecule has 0 radical (unpaired) electrons. The second-order valence-corrected chi connectivity index (χ2v) is 35.7. The number of halogens is 4. The number of methoxy groups -OCH3 is 3. The summed E-state index contributed by atoms with van der Waals surface area (Å²) in [6.07, 6.45) is 7.11. The molecule has 18 heteroatoms. The van der Waals surface area contributed by atoms with Crippen LogP contribution < -0.4 is 9.47 Å². The lowest BCUT2D eigenvalue weighted by Gasteiger charge is -2.01. The minimum Gasteiger partial charge on any atom is -0.497 e. The molecular formula is C100H115Cl3FN3O6S4Si. The fourth-order valence-corrected chi connectivity index (χ4v) is 11.9. The molecule has 0 aliphatic rings. The molecule has 0 spiro atoms. The molecule has 8 heterocycles. The van der Waals surface area contributed by atoms with E-state index in [-0.39, 0.29) is 18.2 Å². The fourth-order valence-electron chi connectivity index (χ4n) is 7.59. The van der Waals surface area contributed by atoms with Gasteiger partial charge in [-0.25, -0.2) is 9.37 Å². The molecule has 1 N–H and O–H groups in total. The maximum absolute atomic E-state index is 12.3. The number of aliphatic hydroxyl groups is 1. The average molecular weight is 1740 g/mol. The van der Waals surface area contributed by atoms with Crippen LogP contribution in [0.1, 0.15) is 141 Å². The van der Waals surface area contributed by atoms with Crippen LogP contribution in [-0.4, -0.2) is 68.5 Å². The lowest BCUT2D eigenvalue weighted by Crippen LogP contribution is -2.15. The van der Waals surface area contributed by atoms with E-state index in [4.69, 9.17) is 53.8 Å². The van der Waals surface area contributed by atoms with Crippen molar-refractivity contribution in [3.8, 4) is 94.1 Å². The van der Waals surface area contributed by atoms with Crippen LogP contribution in [0, 0.1) is 158 Å². The molecule has 0 bridgehead atoms. The number of hydrogen-bond donors (Lipinski definition) is 1. The summed E-state index contributed by atoms with van der Waals surface area (Å²) in [4.78, 5) is 28.5. The number of pyridine rings is 3. The zero-order chi connectivity index (χ0) is 89.2. The number of carbonyl (C=O) groups is 1. The number of benzene rings is 4. The van der Waals surface area contributed by atoms with Gasteiger partial charge in [0.1, 0.15) is 44.4 Å². The van der Waals surface area contributed by atoms with Gasteiger partial charge in [-0.3, -0.25) is 14.8 Å². The number of aromatic nitrogens is 3. The molecule has 4 aromatic carbocycles. The summed E-state index contributed by atoms with van der Waals surface area (Å²) in [7, 11) is 3.88. The van der Waals surface area contributed by atoms with Crippen LogP contribution in [0.2, 0.25) is 34.0 Å². The molecule has 0 unspecified atom stereocenters. The Hall–Kier alpha value is -10.5. The molecule has 0 atom stereocenters. The standard InChI is InChI=1S/C10H10O.C9H7Cl.C9H7F.C9H8.C7H9NO.C7H8OS.2C6H7N.C6H8O.C6H8S.C6H12Si.2C5H5ClS.C5H8O.C4H6O/c1-3-4-9-5-7-10(11-2)8-6-9;2*1-2-3-8-4-6-9(10)7-5-8;1-2-6-9-7-4-3-5-8-9;1-6-4-3-5-8-7(6)9-2;1-5-3-4-7(9-5)6(2)8;1-6-3-2-4-7-5-6;1-6-4-2-3-5-7-6;1-5-3-4-6(2)7-5;1-5-3-6(2)7-4-5;1-5-6-7(2,3)4;1-4-2-5(6)3-7-4;1-4-2-3-5(6)7-4;1-3-4-5-6-2;1-2-3-4-5/h5-8H,1-2H3;2*4-7H,1H3;3-5,7-8H,1H3;3-5H,1-2H3;3-4H,1-2H3;2*2-5H,1H3;2*3-4H,1-2H3;1-4H3;2*2-3H,1H3;5H2,1-2H3;5H,4H2,1H3. The summed E-state index contributed by atoms with van der Waals surface area (Å²) in [6, 6.07) is 60.7. The number of Topliss-reactive ketones (excluding diaryl/α,β-unsaturated/α-hetero) is 1. The zero-order valence-electron chi connectivity index (χ0n) is 72.8. The van der Waals surface area contributed by atoms with E-state index in [9.17, 15) is 9.18 Å². The van der Waals surface area contributed by atoms with Crippen molar-refractivity contribution in [2.24, 2.45) is 0 Å². The molecule has 9 nitrogen and oxygen atoms in total. The molecule has 12 aromatic rings. The van der Waals surface area contributed by atoms with Gasteiger partial charge in [-0.05, 0) is 299 Å². The number of ketones is 1. The summed E-state index contributed by atoms with van der Waals surface area (Å²) >= 11 is 23.4. The molecular weight excluding hydrogens is 1620 g/mol. The van der Waals surface area contributed by atoms with Gasteiger partial charge < -0.3 is 23.7 Å². The molecule has 0 aliphatic heterocycles. The van der Waals surface area contributed by atoms with Crippen molar-refractivity contribution in [2.75, 3.05) is 34.5 Å². The van der Waals surface area contributed by atoms with Crippen LogP contribution >= 0.6 is 80.1 Å². The first kappa shape index (κ1) is 112. The van der Waals surface area contributed by atoms with Crippen molar-refractivity contribution >= 4 is 94.0 Å². The first-order valence-electron chi connectivity index (χ1n) is 36.8. The highest BCUT2D eigenvalue weighted by Crippen LogP contribution is 2.20. The van der Waals surface area contributed by atoms with Gasteiger partial charge in [0.2, 0.25) is 5.88 Å². The van der Waals surface area contributed by atoms with Gasteiger partial charge in [0.05, 0.1) is 28.5 Å². The quantitative estimate of drug-likeness (QED) is 0.104. The largest absolute Gasteiger partial charge is 0.497 e. The van der Waals surface area contributed by atoms with Crippen molar-refractivity contribution in [2.45, 2.75) is 144 Å². The predicted molar refractivity (Wildman–Crippen MR) is 513 cm³/mol. The Kier molecular flexibility index (Phi) is 70.1. The van der Waals surface area contributed by atoms with E-state index in [1.165, 1.54) is 42.8 Å². The molecule has 0 aliphatic carbocycles. The molecule has 12 rings (SSSR count). The predicted octanol–water partition coefficient (Wildman–Crippen LogP) is 27.7. The third kappa shape index (κ3) is 69.8. The molecule has 118 heavy (non-hydrogen) atoms. The van der Waals surface area contributed by atoms with Crippen LogP contribution in [0.15, 0.2) is 234 Å². The summed E-state index contributed by atoms with van der Waals surface area (Å²) in [5, 5.41) is 13.6. The Labute approximate surface area is 739 Å². The van der Waals surface area contributed by atoms with Gasteiger partial charge in [0.25, 0.3) is 0 Å². The van der Waals surface area contributed by atoms with Crippen LogP contribution in [0.25, 0.3) is 0 Å². The van der Waals surface area contributed by atoms with Crippen LogP contribution in [0.3, 0.4) is 0 Å². The van der Waals surface area contributed by atoms with E-state index in [0.717, 1.165) is 70.0 Å². The molecule has 0 amide bonds. The minimum atomic E-state index is -1.02. The van der Waals surface area contributed by atoms with Crippen LogP contribution in [0.5, 0.6) is 11.6 Å². The van der Waals surface area contributed by atoms with Crippen molar-refractivity contribution < 1.29 is 32.9 Å². The number of nitrogens with zero attached hydrogens (tertiary/aromatic N) is 3. The number of carbonyl (C=O) groups excluding carboxylic acids is 1. The summed E-state index contributed by atoms with van der Waals surface area (Å²) < 4.78 is 32.8. The van der Waals surface area contributed by atoms with Gasteiger partial charge in [0, 0.05) is 95.3 Å². The van der Waals surface area contributed by atoms with Crippen molar-refractivity contribution in [1.29, 1.82) is 0 Å². The third-order valence-electron chi connectivity index (χ3n) is 12.8. The number of hydrogen-bond acceptors (Lipinski definition) is 13. The Morgan fingerprint density at radius 2 is 0.983 bits per heavy atom. The van der Waals surface area contributed by atoms with Gasteiger partial charge in [-0.1, -0.05) is 126 Å². The number of thiophene rings is 4. The van der Waals surface area contributed by atoms with Crippen molar-refractivity contribution in [3.05, 3.63) is 330 Å². The Bertz CT molecular complexity index is 4720. The third-order valence-corrected chi connectivity index (χ3v) is 18.5. The minimum absolute atomic E-state index is 0.0174. The van der Waals surface area contributed by atoms with E-state index in [1.807, 2.05) is 258 Å². The van der Waals surface area contributed by atoms with E-state index in [1.54, 1.807) is 125 Å². The number of ether oxygens (including phenoxy) is 3. The molecule has 8 aromatic heterocycles. The molecule has 0 saturated carbocycles. The van der Waals surface area contributed by atoms with E-state index in [2.05, 4.69) is 147 Å². The number of aliphatic hydroxyl groups excluding tert-OH is 1.